The fourth-order valence-corrected chi connectivity index (χ4v) is 3.76. The summed E-state index contributed by atoms with van der Waals surface area (Å²) in [5.41, 5.74) is 4.63. The molecule has 0 bridgehead atoms. The van der Waals surface area contributed by atoms with Gasteiger partial charge in [0, 0.05) is 18.1 Å². The van der Waals surface area contributed by atoms with Gasteiger partial charge >= 0.3 is 0 Å². The minimum Gasteiger partial charge on any atom is -0.454 e. The van der Waals surface area contributed by atoms with Crippen molar-refractivity contribution in [1.29, 1.82) is 0 Å². The first-order valence-electron chi connectivity index (χ1n) is 9.38. The first-order chi connectivity index (χ1) is 13.7. The normalized spacial score (nSPS) is 15.9. The second-order valence-electron chi connectivity index (χ2n) is 7.37. The lowest BCUT2D eigenvalue weighted by Gasteiger charge is -2.17. The predicted octanol–water partition coefficient (Wildman–Crippen LogP) is 4.46. The van der Waals surface area contributed by atoms with E-state index in [1.807, 2.05) is 48.5 Å². The van der Waals surface area contributed by atoms with Crippen molar-refractivity contribution in [3.63, 3.8) is 0 Å². The Morgan fingerprint density at radius 1 is 1.00 bits per heavy atom. The maximum absolute atomic E-state index is 13.1. The van der Waals surface area contributed by atoms with Gasteiger partial charge in [-0.3, -0.25) is 9.78 Å². The highest BCUT2D eigenvalue weighted by Gasteiger charge is 2.51. The average Bonchev–Trinajstić information content (AvgIpc) is 3.41. The predicted molar refractivity (Wildman–Crippen MR) is 107 cm³/mol. The molecule has 28 heavy (non-hydrogen) atoms. The molecule has 1 N–H and O–H groups in total. The molecule has 1 saturated carbocycles. The van der Waals surface area contributed by atoms with Gasteiger partial charge in [0.15, 0.2) is 11.5 Å². The molecule has 2 aromatic carbocycles. The Morgan fingerprint density at radius 2 is 1.79 bits per heavy atom. The van der Waals surface area contributed by atoms with Crippen LogP contribution in [0.3, 0.4) is 0 Å². The number of fused-ring (bicyclic) bond motifs is 1. The number of hydrogen-bond donors (Lipinski definition) is 1. The van der Waals surface area contributed by atoms with Gasteiger partial charge in [-0.1, -0.05) is 12.1 Å². The summed E-state index contributed by atoms with van der Waals surface area (Å²) in [6.45, 7) is 2.30. The highest BCUT2D eigenvalue weighted by Crippen LogP contribution is 2.51. The number of pyridine rings is 1. The number of hydrogen-bond acceptors (Lipinski definition) is 4. The molecule has 1 fully saturated rings. The van der Waals surface area contributed by atoms with Crippen LogP contribution in [0.2, 0.25) is 0 Å². The molecule has 1 amide bonds. The first kappa shape index (κ1) is 16.8. The Balaban J connectivity index is 1.41. The van der Waals surface area contributed by atoms with E-state index >= 15 is 0 Å². The average molecular weight is 372 g/mol. The van der Waals surface area contributed by atoms with E-state index in [-0.39, 0.29) is 12.7 Å². The summed E-state index contributed by atoms with van der Waals surface area (Å²) in [6, 6.07) is 15.8. The van der Waals surface area contributed by atoms with E-state index in [1.54, 1.807) is 12.4 Å². The summed E-state index contributed by atoms with van der Waals surface area (Å²) in [5, 5.41) is 3.12. The van der Waals surface area contributed by atoms with Crippen LogP contribution in [-0.4, -0.2) is 17.7 Å². The molecular weight excluding hydrogens is 352 g/mol. The standard InChI is InChI=1S/C23H20N2O3/c1-15-2-4-18(13-19(15)16-6-10-24-11-7-16)25-22(26)23(8-9-23)17-3-5-20-21(12-17)28-14-27-20/h2-7,10-13H,8-9,14H2,1H3,(H,25,26). The van der Waals surface area contributed by atoms with E-state index in [2.05, 4.69) is 17.2 Å². The zero-order valence-electron chi connectivity index (χ0n) is 15.6. The monoisotopic (exact) mass is 372 g/mol. The fraction of sp³-hybridized carbons (Fsp3) is 0.217. The lowest BCUT2D eigenvalue weighted by Crippen LogP contribution is -2.27. The topological polar surface area (TPSA) is 60.5 Å². The molecule has 0 unspecified atom stereocenters. The number of nitrogens with zero attached hydrogens (tertiary/aromatic N) is 1. The number of carbonyl (C=O) groups excluding carboxylic acids is 1. The zero-order valence-corrected chi connectivity index (χ0v) is 15.6. The molecule has 0 radical (unpaired) electrons. The fourth-order valence-electron chi connectivity index (χ4n) is 3.76. The largest absolute Gasteiger partial charge is 0.454 e. The molecule has 1 aromatic heterocycles. The van der Waals surface area contributed by atoms with Gasteiger partial charge in [-0.2, -0.15) is 0 Å². The van der Waals surface area contributed by atoms with Crippen LogP contribution < -0.4 is 14.8 Å². The van der Waals surface area contributed by atoms with Crippen molar-refractivity contribution in [2.75, 3.05) is 12.1 Å². The number of benzene rings is 2. The third kappa shape index (κ3) is 2.80. The van der Waals surface area contributed by atoms with E-state index in [9.17, 15) is 4.79 Å². The Labute approximate surface area is 163 Å². The highest BCUT2D eigenvalue weighted by molar-refractivity contribution is 6.02. The molecule has 2 aliphatic rings. The molecule has 5 nitrogen and oxygen atoms in total. The van der Waals surface area contributed by atoms with E-state index in [4.69, 9.17) is 9.47 Å². The number of nitrogens with one attached hydrogen (secondary N) is 1. The summed E-state index contributed by atoms with van der Waals surface area (Å²) in [6.07, 6.45) is 5.22. The molecule has 1 aliphatic carbocycles. The quantitative estimate of drug-likeness (QED) is 0.735. The highest BCUT2D eigenvalue weighted by atomic mass is 16.7. The number of anilines is 1. The van der Waals surface area contributed by atoms with Crippen LogP contribution >= 0.6 is 0 Å². The number of aromatic nitrogens is 1. The van der Waals surface area contributed by atoms with Gasteiger partial charge in [-0.25, -0.2) is 0 Å². The molecule has 5 heteroatoms. The molecule has 1 aliphatic heterocycles. The zero-order chi connectivity index (χ0) is 19.1. The molecule has 0 saturated heterocycles. The molecule has 5 rings (SSSR count). The van der Waals surface area contributed by atoms with Crippen LogP contribution in [0.5, 0.6) is 11.5 Å². The Kier molecular flexibility index (Phi) is 3.83. The first-order valence-corrected chi connectivity index (χ1v) is 9.38. The number of ether oxygens (including phenoxy) is 2. The van der Waals surface area contributed by atoms with Gasteiger partial charge in [-0.05, 0) is 78.4 Å². The molecule has 0 spiro atoms. The van der Waals surface area contributed by atoms with E-state index in [0.717, 1.165) is 46.5 Å². The van der Waals surface area contributed by atoms with Gasteiger partial charge < -0.3 is 14.8 Å². The van der Waals surface area contributed by atoms with Crippen molar-refractivity contribution in [3.05, 3.63) is 72.1 Å². The van der Waals surface area contributed by atoms with Crippen LogP contribution in [0, 0.1) is 6.92 Å². The summed E-state index contributed by atoms with van der Waals surface area (Å²) in [4.78, 5) is 17.2. The third-order valence-electron chi connectivity index (χ3n) is 5.60. The summed E-state index contributed by atoms with van der Waals surface area (Å²) in [7, 11) is 0. The second kappa shape index (κ2) is 6.37. The second-order valence-corrected chi connectivity index (χ2v) is 7.37. The van der Waals surface area contributed by atoms with E-state index in [1.165, 1.54) is 0 Å². The minimum atomic E-state index is -0.483. The maximum atomic E-state index is 13.1. The van der Waals surface area contributed by atoms with Gasteiger partial charge in [0.1, 0.15) is 0 Å². The molecule has 3 aromatic rings. The van der Waals surface area contributed by atoms with E-state index in [0.29, 0.717) is 5.75 Å². The van der Waals surface area contributed by atoms with Gasteiger partial charge in [0.05, 0.1) is 5.41 Å². The van der Waals surface area contributed by atoms with Crippen LogP contribution in [0.15, 0.2) is 60.9 Å². The van der Waals surface area contributed by atoms with Crippen molar-refractivity contribution in [3.8, 4) is 22.6 Å². The lowest BCUT2D eigenvalue weighted by molar-refractivity contribution is -0.118. The number of carbonyl (C=O) groups is 1. The number of rotatable bonds is 4. The SMILES string of the molecule is Cc1ccc(NC(=O)C2(c3ccc4c(c3)OCO4)CC2)cc1-c1ccncc1. The summed E-state index contributed by atoms with van der Waals surface area (Å²) >= 11 is 0. The van der Waals surface area contributed by atoms with E-state index < -0.39 is 5.41 Å². The third-order valence-corrected chi connectivity index (χ3v) is 5.60. The van der Waals surface area contributed by atoms with Crippen molar-refractivity contribution >= 4 is 11.6 Å². The lowest BCUT2D eigenvalue weighted by atomic mass is 9.94. The minimum absolute atomic E-state index is 0.0240. The van der Waals surface area contributed by atoms with Gasteiger partial charge in [0.2, 0.25) is 12.7 Å². The van der Waals surface area contributed by atoms with Crippen LogP contribution in [0.1, 0.15) is 24.0 Å². The van der Waals surface area contributed by atoms with Crippen molar-refractivity contribution < 1.29 is 14.3 Å². The van der Waals surface area contributed by atoms with Crippen LogP contribution in [0.25, 0.3) is 11.1 Å². The molecule has 2 heterocycles. The smallest absolute Gasteiger partial charge is 0.235 e. The molecule has 0 atom stereocenters. The van der Waals surface area contributed by atoms with Crippen LogP contribution in [-0.2, 0) is 10.2 Å². The maximum Gasteiger partial charge on any atom is 0.235 e. The molecular formula is C23H20N2O3. The summed E-state index contributed by atoms with van der Waals surface area (Å²) in [5.74, 6) is 1.48. The van der Waals surface area contributed by atoms with Crippen LogP contribution in [0.4, 0.5) is 5.69 Å². The molecule has 140 valence electrons. The number of amides is 1. The Morgan fingerprint density at radius 3 is 2.57 bits per heavy atom. The van der Waals surface area contributed by atoms with Crippen molar-refractivity contribution in [2.45, 2.75) is 25.2 Å². The van der Waals surface area contributed by atoms with Crippen molar-refractivity contribution in [1.82, 2.24) is 4.98 Å². The Hall–Kier alpha value is -3.34. The summed E-state index contributed by atoms with van der Waals surface area (Å²) < 4.78 is 10.9. The Bertz CT molecular complexity index is 1060. The van der Waals surface area contributed by atoms with Crippen molar-refractivity contribution in [2.24, 2.45) is 0 Å². The van der Waals surface area contributed by atoms with Gasteiger partial charge in [0.25, 0.3) is 0 Å². The number of aryl methyl sites for hydroxylation is 1. The van der Waals surface area contributed by atoms with Gasteiger partial charge in [-0.15, -0.1) is 0 Å².